The summed E-state index contributed by atoms with van der Waals surface area (Å²) in [6.45, 7) is 5.46. The van der Waals surface area contributed by atoms with Crippen molar-refractivity contribution in [2.45, 2.75) is 71.6 Å². The highest BCUT2D eigenvalue weighted by Crippen LogP contribution is 2.68. The summed E-state index contributed by atoms with van der Waals surface area (Å²) in [5.41, 5.74) is 5.86. The van der Waals surface area contributed by atoms with E-state index in [9.17, 15) is 13.6 Å². The highest BCUT2D eigenvalue weighted by molar-refractivity contribution is 5.87. The Kier molecular flexibility index (Phi) is 6.86. The first-order valence-corrected chi connectivity index (χ1v) is 13.9. The number of Topliss-reactive ketones (excluding diaryl/α,β-unsaturated/α-hetero) is 1. The molecule has 5 rings (SSSR count). The number of ketones is 1. The molecule has 200 valence electrons. The number of hydrogen-bond donors (Lipinski definition) is 2. The molecule has 4 fully saturated rings. The van der Waals surface area contributed by atoms with Crippen LogP contribution in [0.25, 0.3) is 0 Å². The summed E-state index contributed by atoms with van der Waals surface area (Å²) in [4.78, 5) is 13.6. The van der Waals surface area contributed by atoms with Gasteiger partial charge in [-0.25, -0.2) is 14.6 Å². The second-order valence-corrected chi connectivity index (χ2v) is 12.8. The Hall–Kier alpha value is -1.73. The van der Waals surface area contributed by atoms with Crippen LogP contribution < -0.4 is 16.6 Å². The minimum absolute atomic E-state index is 0.0378. The number of nitrogens with two attached hydrogens (primary N) is 2. The zero-order chi connectivity index (χ0) is 25.8. The molecule has 7 unspecified atom stereocenters. The third-order valence-corrected chi connectivity index (χ3v) is 11.1. The molecule has 0 saturated heterocycles. The molecule has 0 bridgehead atoms. The number of hydrogen-bond acceptors (Lipinski definition) is 5. The van der Waals surface area contributed by atoms with Crippen molar-refractivity contribution in [2.75, 3.05) is 31.0 Å². The summed E-state index contributed by atoms with van der Waals surface area (Å²) in [6.07, 6.45) is 10.5. The number of nitrogens with zero attached hydrogens (tertiary/aromatic N) is 1. The van der Waals surface area contributed by atoms with Gasteiger partial charge in [-0.15, -0.1) is 0 Å². The number of ether oxygens (including phenoxy) is 1. The number of nitrogen functional groups attached to an aromatic ring is 1. The van der Waals surface area contributed by atoms with Crippen molar-refractivity contribution < 1.29 is 18.3 Å². The standard InChI is InChI=1S/C29H43F2N3O2/c1-17-8-11-29(16-36-3)18(12-17)4-5-20-21-6-7-23(28(21,2)10-9-22(20)29)26(35)15-34(33)27-24(31)13-19(30)14-25(27)32/h13-14,17-18,20-23H,4-12,15-16,32-33H2,1-3H3/t17?,18?,20?,21?,22?,23-,28?,29?/m1/s1. The molecule has 4 saturated carbocycles. The van der Waals surface area contributed by atoms with Gasteiger partial charge < -0.3 is 10.5 Å². The van der Waals surface area contributed by atoms with Crippen molar-refractivity contribution in [3.63, 3.8) is 0 Å². The number of halogens is 2. The fourth-order valence-corrected chi connectivity index (χ4v) is 9.59. The molecule has 4 aliphatic carbocycles. The van der Waals surface area contributed by atoms with Crippen molar-refractivity contribution in [3.05, 3.63) is 23.8 Å². The van der Waals surface area contributed by atoms with Gasteiger partial charge in [-0.3, -0.25) is 9.80 Å². The summed E-state index contributed by atoms with van der Waals surface area (Å²) in [6, 6.07) is 1.79. The Labute approximate surface area is 214 Å². The van der Waals surface area contributed by atoms with Gasteiger partial charge in [-0.2, -0.15) is 0 Å². The highest BCUT2D eigenvalue weighted by Gasteiger charge is 2.62. The van der Waals surface area contributed by atoms with Gasteiger partial charge in [0.15, 0.2) is 11.6 Å². The van der Waals surface area contributed by atoms with E-state index >= 15 is 0 Å². The molecule has 36 heavy (non-hydrogen) atoms. The first-order valence-electron chi connectivity index (χ1n) is 13.9. The largest absolute Gasteiger partial charge is 0.397 e. The number of rotatable bonds is 6. The van der Waals surface area contributed by atoms with Crippen LogP contribution in [0.5, 0.6) is 0 Å². The van der Waals surface area contributed by atoms with Gasteiger partial charge in [-0.1, -0.05) is 20.3 Å². The van der Waals surface area contributed by atoms with Crippen LogP contribution in [0.3, 0.4) is 0 Å². The van der Waals surface area contributed by atoms with E-state index in [0.29, 0.717) is 23.2 Å². The third-order valence-electron chi connectivity index (χ3n) is 11.1. The smallest absolute Gasteiger partial charge is 0.157 e. The number of anilines is 2. The highest BCUT2D eigenvalue weighted by atomic mass is 19.1. The van der Waals surface area contributed by atoms with E-state index in [2.05, 4.69) is 13.8 Å². The Bertz CT molecular complexity index is 982. The number of hydrazine groups is 1. The number of carbonyl (C=O) groups excluding carboxylic acids is 1. The molecule has 4 N–H and O–H groups in total. The van der Waals surface area contributed by atoms with E-state index in [-0.39, 0.29) is 35.0 Å². The summed E-state index contributed by atoms with van der Waals surface area (Å²) in [7, 11) is 1.86. The van der Waals surface area contributed by atoms with Gasteiger partial charge in [0.05, 0.1) is 18.8 Å². The van der Waals surface area contributed by atoms with Gasteiger partial charge in [0.25, 0.3) is 0 Å². The number of carbonyl (C=O) groups is 1. The molecule has 1 aromatic carbocycles. The van der Waals surface area contributed by atoms with E-state index in [4.69, 9.17) is 16.3 Å². The fourth-order valence-electron chi connectivity index (χ4n) is 9.59. The molecule has 1 aromatic rings. The van der Waals surface area contributed by atoms with Crippen molar-refractivity contribution in [3.8, 4) is 0 Å². The molecule has 4 aliphatic rings. The van der Waals surface area contributed by atoms with Gasteiger partial charge >= 0.3 is 0 Å². The molecule has 0 spiro atoms. The summed E-state index contributed by atoms with van der Waals surface area (Å²) in [5, 5.41) is 1.07. The zero-order valence-electron chi connectivity index (χ0n) is 22.1. The maximum Gasteiger partial charge on any atom is 0.157 e. The van der Waals surface area contributed by atoms with Crippen LogP contribution in [0, 0.1) is 58.0 Å². The molecule has 0 amide bonds. The van der Waals surface area contributed by atoms with E-state index in [1.54, 1.807) is 0 Å². The summed E-state index contributed by atoms with van der Waals surface area (Å²) in [5.74, 6) is 7.86. The Morgan fingerprint density at radius 2 is 1.89 bits per heavy atom. The first kappa shape index (κ1) is 25.9. The van der Waals surface area contributed by atoms with Crippen molar-refractivity contribution in [1.29, 1.82) is 0 Å². The average Bonchev–Trinajstić information content (AvgIpc) is 3.16. The van der Waals surface area contributed by atoms with Crippen LogP contribution in [0.2, 0.25) is 0 Å². The lowest BCUT2D eigenvalue weighted by Crippen LogP contribution is -2.56. The minimum atomic E-state index is -0.846. The van der Waals surface area contributed by atoms with Crippen LogP contribution in [0.4, 0.5) is 20.2 Å². The topological polar surface area (TPSA) is 81.6 Å². The number of methoxy groups -OCH3 is 1. The molecule has 0 aromatic heterocycles. The lowest BCUT2D eigenvalue weighted by molar-refractivity contribution is -0.154. The van der Waals surface area contributed by atoms with Crippen LogP contribution in [-0.2, 0) is 9.53 Å². The maximum absolute atomic E-state index is 14.4. The van der Waals surface area contributed by atoms with Crippen LogP contribution in [0.1, 0.15) is 71.6 Å². The Morgan fingerprint density at radius 3 is 2.61 bits per heavy atom. The summed E-state index contributed by atoms with van der Waals surface area (Å²) < 4.78 is 33.8. The van der Waals surface area contributed by atoms with Crippen LogP contribution in [0.15, 0.2) is 12.1 Å². The normalized spacial score (nSPS) is 39.7. The van der Waals surface area contributed by atoms with Crippen molar-refractivity contribution in [1.82, 2.24) is 0 Å². The Balaban J connectivity index is 1.34. The average molecular weight is 504 g/mol. The van der Waals surface area contributed by atoms with Gasteiger partial charge in [0.1, 0.15) is 11.5 Å². The molecular formula is C29H43F2N3O2. The van der Waals surface area contributed by atoms with E-state index < -0.39 is 11.6 Å². The monoisotopic (exact) mass is 503 g/mol. The zero-order valence-corrected chi connectivity index (χ0v) is 22.1. The second-order valence-electron chi connectivity index (χ2n) is 12.8. The molecular weight excluding hydrogens is 460 g/mol. The SMILES string of the molecule is COCC12CCC(C)CC1CCC1C2CCC2(C)C1CC[C@@H]2C(=O)CN(N)c1c(N)cc(F)cc1F. The molecule has 8 atom stereocenters. The lowest BCUT2D eigenvalue weighted by atomic mass is 9.44. The molecule has 0 radical (unpaired) electrons. The summed E-state index contributed by atoms with van der Waals surface area (Å²) >= 11 is 0. The Morgan fingerprint density at radius 1 is 1.11 bits per heavy atom. The maximum atomic E-state index is 14.4. The predicted molar refractivity (Wildman–Crippen MR) is 138 cm³/mol. The number of benzene rings is 1. The molecule has 0 aliphatic heterocycles. The van der Waals surface area contributed by atoms with E-state index in [1.807, 2.05) is 7.11 Å². The third kappa shape index (κ3) is 4.05. The molecule has 7 heteroatoms. The van der Waals surface area contributed by atoms with Crippen LogP contribution in [-0.4, -0.2) is 26.0 Å². The van der Waals surface area contributed by atoms with E-state index in [0.717, 1.165) is 61.3 Å². The van der Waals surface area contributed by atoms with Gasteiger partial charge in [0.2, 0.25) is 0 Å². The predicted octanol–water partition coefficient (Wildman–Crippen LogP) is 5.72. The van der Waals surface area contributed by atoms with Gasteiger partial charge in [0, 0.05) is 19.1 Å². The van der Waals surface area contributed by atoms with Gasteiger partial charge in [-0.05, 0) is 97.9 Å². The lowest BCUT2D eigenvalue weighted by Gasteiger charge is -2.62. The molecule has 5 nitrogen and oxygen atoms in total. The first-order chi connectivity index (χ1) is 17.1. The second kappa shape index (κ2) is 9.54. The van der Waals surface area contributed by atoms with Crippen LogP contribution >= 0.6 is 0 Å². The minimum Gasteiger partial charge on any atom is -0.397 e. The van der Waals surface area contributed by atoms with Crippen molar-refractivity contribution >= 4 is 17.2 Å². The quantitative estimate of drug-likeness (QED) is 0.295. The van der Waals surface area contributed by atoms with Crippen molar-refractivity contribution in [2.24, 2.45) is 52.2 Å². The van der Waals surface area contributed by atoms with E-state index in [1.165, 1.54) is 32.1 Å². The molecule has 0 heterocycles. The number of fused-ring (bicyclic) bond motifs is 5. The fraction of sp³-hybridized carbons (Fsp3) is 0.759.